The van der Waals surface area contributed by atoms with Gasteiger partial charge in [-0.3, -0.25) is 4.79 Å². The Labute approximate surface area is 113 Å². The second kappa shape index (κ2) is 4.81. The van der Waals surface area contributed by atoms with E-state index in [9.17, 15) is 4.79 Å². The van der Waals surface area contributed by atoms with Crippen LogP contribution in [0.2, 0.25) is 0 Å². The Morgan fingerprint density at radius 1 is 1.47 bits per heavy atom. The Hall–Kier alpha value is -1.62. The van der Waals surface area contributed by atoms with Crippen LogP contribution in [0.4, 0.5) is 5.82 Å². The molecule has 2 aliphatic heterocycles. The summed E-state index contributed by atoms with van der Waals surface area (Å²) in [5.74, 6) is 1.19. The molecule has 1 amide bonds. The Kier molecular flexibility index (Phi) is 3.14. The SMILES string of the molecule is Cc1cc(C(N)=O)cc(N2CC3CCCNC3C2)n1. The van der Waals surface area contributed by atoms with Crippen molar-refractivity contribution in [1.29, 1.82) is 0 Å². The number of carbonyl (C=O) groups is 1. The number of nitrogens with zero attached hydrogens (tertiary/aromatic N) is 2. The molecule has 2 saturated heterocycles. The lowest BCUT2D eigenvalue weighted by Gasteiger charge is -2.24. The minimum absolute atomic E-state index is 0.388. The van der Waals surface area contributed by atoms with Gasteiger partial charge in [-0.15, -0.1) is 0 Å². The van der Waals surface area contributed by atoms with E-state index in [0.717, 1.165) is 31.1 Å². The number of primary amides is 1. The number of aryl methyl sites for hydroxylation is 1. The quantitative estimate of drug-likeness (QED) is 0.820. The van der Waals surface area contributed by atoms with E-state index < -0.39 is 0 Å². The van der Waals surface area contributed by atoms with Crippen LogP contribution in [0.5, 0.6) is 0 Å². The first-order valence-corrected chi connectivity index (χ1v) is 6.90. The van der Waals surface area contributed by atoms with Crippen LogP contribution in [-0.4, -0.2) is 36.6 Å². The van der Waals surface area contributed by atoms with E-state index in [1.807, 2.05) is 13.0 Å². The predicted molar refractivity (Wildman–Crippen MR) is 74.2 cm³/mol. The molecule has 2 fully saturated rings. The molecule has 5 heteroatoms. The molecule has 0 saturated carbocycles. The molecule has 102 valence electrons. The maximum Gasteiger partial charge on any atom is 0.248 e. The van der Waals surface area contributed by atoms with Crippen LogP contribution in [0.3, 0.4) is 0 Å². The molecule has 0 aromatic carbocycles. The molecule has 5 nitrogen and oxygen atoms in total. The number of nitrogens with two attached hydrogens (primary N) is 1. The number of aromatic nitrogens is 1. The van der Waals surface area contributed by atoms with Gasteiger partial charge in [0.15, 0.2) is 0 Å². The molecular formula is C14H20N4O. The van der Waals surface area contributed by atoms with Crippen molar-refractivity contribution in [2.45, 2.75) is 25.8 Å². The molecule has 2 atom stereocenters. The number of hydrogen-bond acceptors (Lipinski definition) is 4. The Bertz CT molecular complexity index is 488. The van der Waals surface area contributed by atoms with Crippen LogP contribution in [0.25, 0.3) is 0 Å². The highest BCUT2D eigenvalue weighted by Crippen LogP contribution is 2.28. The lowest BCUT2D eigenvalue weighted by molar-refractivity contribution is 0.1000. The van der Waals surface area contributed by atoms with Gasteiger partial charge in [0.1, 0.15) is 5.82 Å². The summed E-state index contributed by atoms with van der Waals surface area (Å²) < 4.78 is 0. The lowest BCUT2D eigenvalue weighted by atomic mass is 9.94. The van der Waals surface area contributed by atoms with Crippen LogP contribution in [0.15, 0.2) is 12.1 Å². The fourth-order valence-corrected chi connectivity index (χ4v) is 3.19. The third-order valence-electron chi connectivity index (χ3n) is 4.15. The summed E-state index contributed by atoms with van der Waals surface area (Å²) in [5.41, 5.74) is 6.76. The Morgan fingerprint density at radius 3 is 3.05 bits per heavy atom. The first-order chi connectivity index (χ1) is 9.13. The topological polar surface area (TPSA) is 71.2 Å². The van der Waals surface area contributed by atoms with E-state index in [1.54, 1.807) is 6.07 Å². The van der Waals surface area contributed by atoms with Crippen LogP contribution in [0.1, 0.15) is 28.9 Å². The van der Waals surface area contributed by atoms with E-state index in [1.165, 1.54) is 12.8 Å². The van der Waals surface area contributed by atoms with Gasteiger partial charge in [-0.2, -0.15) is 0 Å². The highest BCUT2D eigenvalue weighted by molar-refractivity contribution is 5.93. The molecule has 3 heterocycles. The van der Waals surface area contributed by atoms with Gasteiger partial charge >= 0.3 is 0 Å². The molecule has 0 bridgehead atoms. The van der Waals surface area contributed by atoms with Gasteiger partial charge in [-0.25, -0.2) is 4.98 Å². The smallest absolute Gasteiger partial charge is 0.248 e. The highest BCUT2D eigenvalue weighted by atomic mass is 16.1. The summed E-state index contributed by atoms with van der Waals surface area (Å²) in [6.07, 6.45) is 2.53. The van der Waals surface area contributed by atoms with E-state index in [2.05, 4.69) is 15.2 Å². The minimum Gasteiger partial charge on any atom is -0.366 e. The Balaban J connectivity index is 1.84. The molecule has 1 aromatic heterocycles. The van der Waals surface area contributed by atoms with Crippen molar-refractivity contribution in [2.75, 3.05) is 24.5 Å². The molecule has 0 aliphatic carbocycles. The number of carbonyl (C=O) groups excluding carboxylic acids is 1. The summed E-state index contributed by atoms with van der Waals surface area (Å²) in [7, 11) is 0. The second-order valence-electron chi connectivity index (χ2n) is 5.59. The zero-order valence-electron chi connectivity index (χ0n) is 11.2. The van der Waals surface area contributed by atoms with Crippen molar-refractivity contribution >= 4 is 11.7 Å². The van der Waals surface area contributed by atoms with Gasteiger partial charge in [0.25, 0.3) is 0 Å². The van der Waals surface area contributed by atoms with Crippen LogP contribution < -0.4 is 16.0 Å². The number of amides is 1. The average Bonchev–Trinajstić information content (AvgIpc) is 2.81. The van der Waals surface area contributed by atoms with Crippen LogP contribution in [0, 0.1) is 12.8 Å². The number of nitrogens with one attached hydrogen (secondary N) is 1. The lowest BCUT2D eigenvalue weighted by Crippen LogP contribution is -2.40. The minimum atomic E-state index is -0.388. The van der Waals surface area contributed by atoms with E-state index in [0.29, 0.717) is 17.5 Å². The third-order valence-corrected chi connectivity index (χ3v) is 4.15. The molecule has 2 aliphatic rings. The largest absolute Gasteiger partial charge is 0.366 e. The molecule has 2 unspecified atom stereocenters. The highest BCUT2D eigenvalue weighted by Gasteiger charge is 2.34. The molecule has 19 heavy (non-hydrogen) atoms. The zero-order chi connectivity index (χ0) is 13.4. The van der Waals surface area contributed by atoms with Crippen LogP contribution in [-0.2, 0) is 0 Å². The molecule has 1 aromatic rings. The van der Waals surface area contributed by atoms with Gasteiger partial charge in [0.2, 0.25) is 5.91 Å². The van der Waals surface area contributed by atoms with Crippen molar-refractivity contribution in [1.82, 2.24) is 10.3 Å². The number of anilines is 1. The summed E-state index contributed by atoms with van der Waals surface area (Å²) in [6.45, 7) is 5.01. The van der Waals surface area contributed by atoms with Gasteiger partial charge < -0.3 is 16.0 Å². The van der Waals surface area contributed by atoms with E-state index in [4.69, 9.17) is 5.73 Å². The predicted octanol–water partition coefficient (Wildman–Crippen LogP) is 0.677. The van der Waals surface area contributed by atoms with E-state index in [-0.39, 0.29) is 5.91 Å². The third kappa shape index (κ3) is 2.42. The van der Waals surface area contributed by atoms with Gasteiger partial charge in [-0.1, -0.05) is 0 Å². The van der Waals surface area contributed by atoms with Crippen molar-refractivity contribution in [3.05, 3.63) is 23.4 Å². The molecule has 0 spiro atoms. The second-order valence-corrected chi connectivity index (χ2v) is 5.59. The fourth-order valence-electron chi connectivity index (χ4n) is 3.19. The summed E-state index contributed by atoms with van der Waals surface area (Å²) in [6, 6.07) is 4.12. The normalized spacial score (nSPS) is 26.3. The molecule has 3 N–H and O–H groups in total. The Morgan fingerprint density at radius 2 is 2.32 bits per heavy atom. The zero-order valence-corrected chi connectivity index (χ0v) is 11.2. The maximum absolute atomic E-state index is 11.3. The van der Waals surface area contributed by atoms with E-state index >= 15 is 0 Å². The standard InChI is InChI=1S/C14H20N4O/c1-9-5-11(14(15)19)6-13(17-9)18-7-10-3-2-4-16-12(10)8-18/h5-6,10,12,16H,2-4,7-8H2,1H3,(H2,15,19). The van der Waals surface area contributed by atoms with Crippen molar-refractivity contribution in [3.8, 4) is 0 Å². The first kappa shape index (κ1) is 12.4. The van der Waals surface area contributed by atoms with Crippen molar-refractivity contribution in [3.63, 3.8) is 0 Å². The molecule has 0 radical (unpaired) electrons. The average molecular weight is 260 g/mol. The van der Waals surface area contributed by atoms with Crippen LogP contribution >= 0.6 is 0 Å². The number of hydrogen-bond donors (Lipinski definition) is 2. The molecular weight excluding hydrogens is 240 g/mol. The number of rotatable bonds is 2. The van der Waals surface area contributed by atoms with Gasteiger partial charge in [0.05, 0.1) is 0 Å². The summed E-state index contributed by atoms with van der Waals surface area (Å²) in [4.78, 5) is 18.2. The monoisotopic (exact) mass is 260 g/mol. The number of pyridine rings is 1. The molecule has 3 rings (SSSR count). The van der Waals surface area contributed by atoms with Gasteiger partial charge in [0, 0.05) is 30.4 Å². The number of piperidine rings is 1. The maximum atomic E-state index is 11.3. The first-order valence-electron chi connectivity index (χ1n) is 6.90. The summed E-state index contributed by atoms with van der Waals surface area (Å²) >= 11 is 0. The van der Waals surface area contributed by atoms with Crippen molar-refractivity contribution < 1.29 is 4.79 Å². The summed E-state index contributed by atoms with van der Waals surface area (Å²) in [5, 5.41) is 3.57. The number of fused-ring (bicyclic) bond motifs is 1. The van der Waals surface area contributed by atoms with Crippen molar-refractivity contribution in [2.24, 2.45) is 11.7 Å². The fraction of sp³-hybridized carbons (Fsp3) is 0.571. The van der Waals surface area contributed by atoms with Gasteiger partial charge in [-0.05, 0) is 44.4 Å².